The van der Waals surface area contributed by atoms with Gasteiger partial charge < -0.3 is 15.4 Å². The van der Waals surface area contributed by atoms with Crippen LogP contribution in [0, 0.1) is 5.82 Å². The van der Waals surface area contributed by atoms with Crippen LogP contribution in [0.2, 0.25) is 0 Å². The van der Waals surface area contributed by atoms with Crippen molar-refractivity contribution in [1.82, 2.24) is 0 Å². The Morgan fingerprint density at radius 3 is 2.81 bits per heavy atom. The Bertz CT molecular complexity index is 687. The van der Waals surface area contributed by atoms with Gasteiger partial charge in [0.2, 0.25) is 0 Å². The van der Waals surface area contributed by atoms with Crippen molar-refractivity contribution in [1.29, 1.82) is 0 Å². The molecule has 0 saturated heterocycles. The second-order valence-electron chi connectivity index (χ2n) is 4.84. The van der Waals surface area contributed by atoms with Gasteiger partial charge in [-0.25, -0.2) is 4.39 Å². The molecule has 0 saturated carbocycles. The standard InChI is InChI=1S/C16H16FN3O/c1-21-14-7-3-6-13(9-14)20-15(10-19-16(20)18)11-4-2-5-12(17)8-11/h2-9,15H,10H2,1H3,(H2,18,19). The van der Waals surface area contributed by atoms with Gasteiger partial charge in [0.05, 0.1) is 19.7 Å². The second kappa shape index (κ2) is 5.44. The third kappa shape index (κ3) is 2.54. The van der Waals surface area contributed by atoms with Crippen LogP contribution < -0.4 is 15.4 Å². The summed E-state index contributed by atoms with van der Waals surface area (Å²) >= 11 is 0. The molecule has 1 atom stereocenters. The number of guanidine groups is 1. The zero-order chi connectivity index (χ0) is 14.8. The van der Waals surface area contributed by atoms with Gasteiger partial charge in [0, 0.05) is 11.8 Å². The number of nitrogens with zero attached hydrogens (tertiary/aromatic N) is 2. The van der Waals surface area contributed by atoms with E-state index in [-0.39, 0.29) is 11.9 Å². The van der Waals surface area contributed by atoms with Crippen LogP contribution in [-0.2, 0) is 0 Å². The Balaban J connectivity index is 1.99. The highest BCUT2D eigenvalue weighted by molar-refractivity contribution is 5.97. The number of hydrogen-bond donors (Lipinski definition) is 1. The molecule has 5 heteroatoms. The molecule has 0 amide bonds. The van der Waals surface area contributed by atoms with Crippen LogP contribution in [0.5, 0.6) is 5.75 Å². The first-order valence-corrected chi connectivity index (χ1v) is 6.67. The molecular weight excluding hydrogens is 269 g/mol. The van der Waals surface area contributed by atoms with E-state index in [2.05, 4.69) is 4.99 Å². The molecule has 0 radical (unpaired) electrons. The SMILES string of the molecule is COc1cccc(N2C(N)=NCC2c2cccc(F)c2)c1. The normalized spacial score (nSPS) is 17.7. The molecule has 0 aromatic heterocycles. The summed E-state index contributed by atoms with van der Waals surface area (Å²) in [4.78, 5) is 6.19. The van der Waals surface area contributed by atoms with Crippen LogP contribution in [0.1, 0.15) is 11.6 Å². The monoisotopic (exact) mass is 285 g/mol. The first-order chi connectivity index (χ1) is 10.2. The van der Waals surface area contributed by atoms with Crippen molar-refractivity contribution in [2.45, 2.75) is 6.04 Å². The van der Waals surface area contributed by atoms with E-state index < -0.39 is 0 Å². The number of hydrogen-bond acceptors (Lipinski definition) is 4. The lowest BCUT2D eigenvalue weighted by atomic mass is 10.1. The van der Waals surface area contributed by atoms with E-state index in [1.54, 1.807) is 13.2 Å². The molecule has 108 valence electrons. The number of aliphatic imine (C=N–C) groups is 1. The molecule has 1 heterocycles. The van der Waals surface area contributed by atoms with Crippen molar-refractivity contribution in [3.63, 3.8) is 0 Å². The Kier molecular flexibility index (Phi) is 3.48. The largest absolute Gasteiger partial charge is 0.497 e. The molecule has 1 unspecified atom stereocenters. The quantitative estimate of drug-likeness (QED) is 0.943. The van der Waals surface area contributed by atoms with Crippen LogP contribution in [0.25, 0.3) is 0 Å². The summed E-state index contributed by atoms with van der Waals surface area (Å²) in [5.41, 5.74) is 7.74. The molecule has 1 aliphatic heterocycles. The minimum Gasteiger partial charge on any atom is -0.497 e. The maximum absolute atomic E-state index is 13.5. The predicted octanol–water partition coefficient (Wildman–Crippen LogP) is 2.71. The molecule has 4 nitrogen and oxygen atoms in total. The fraction of sp³-hybridized carbons (Fsp3) is 0.188. The summed E-state index contributed by atoms with van der Waals surface area (Å²) in [5.74, 6) is 0.909. The molecule has 0 spiro atoms. The van der Waals surface area contributed by atoms with E-state index in [1.807, 2.05) is 35.2 Å². The summed E-state index contributed by atoms with van der Waals surface area (Å²) < 4.78 is 18.7. The highest BCUT2D eigenvalue weighted by Gasteiger charge is 2.29. The molecule has 0 fully saturated rings. The van der Waals surface area contributed by atoms with Gasteiger partial charge in [-0.2, -0.15) is 0 Å². The first kappa shape index (κ1) is 13.4. The highest BCUT2D eigenvalue weighted by atomic mass is 19.1. The second-order valence-corrected chi connectivity index (χ2v) is 4.84. The fourth-order valence-corrected chi connectivity index (χ4v) is 2.54. The van der Waals surface area contributed by atoms with Gasteiger partial charge in [0.1, 0.15) is 11.6 Å². The number of rotatable bonds is 3. The van der Waals surface area contributed by atoms with Crippen molar-refractivity contribution >= 4 is 11.6 Å². The van der Waals surface area contributed by atoms with E-state index in [4.69, 9.17) is 10.5 Å². The van der Waals surface area contributed by atoms with Crippen molar-refractivity contribution in [3.8, 4) is 5.75 Å². The molecule has 1 aliphatic rings. The average molecular weight is 285 g/mol. The number of nitrogens with two attached hydrogens (primary N) is 1. The van der Waals surface area contributed by atoms with Crippen molar-refractivity contribution < 1.29 is 9.13 Å². The van der Waals surface area contributed by atoms with Crippen LogP contribution in [-0.4, -0.2) is 19.6 Å². The Morgan fingerprint density at radius 1 is 1.24 bits per heavy atom. The smallest absolute Gasteiger partial charge is 0.196 e. The number of ether oxygens (including phenoxy) is 1. The fourth-order valence-electron chi connectivity index (χ4n) is 2.54. The Hall–Kier alpha value is -2.56. The topological polar surface area (TPSA) is 50.9 Å². The van der Waals surface area contributed by atoms with E-state index in [0.717, 1.165) is 17.0 Å². The highest BCUT2D eigenvalue weighted by Crippen LogP contribution is 2.32. The predicted molar refractivity (Wildman–Crippen MR) is 81.1 cm³/mol. The van der Waals surface area contributed by atoms with Gasteiger partial charge in [-0.15, -0.1) is 0 Å². The molecule has 2 aromatic carbocycles. The summed E-state index contributed by atoms with van der Waals surface area (Å²) in [7, 11) is 1.62. The van der Waals surface area contributed by atoms with Gasteiger partial charge in [-0.3, -0.25) is 4.99 Å². The number of halogens is 1. The Labute approximate surface area is 122 Å². The summed E-state index contributed by atoms with van der Waals surface area (Å²) in [6, 6.07) is 14.0. The van der Waals surface area contributed by atoms with Crippen LogP contribution in [0.3, 0.4) is 0 Å². The zero-order valence-corrected chi connectivity index (χ0v) is 11.7. The lowest BCUT2D eigenvalue weighted by Gasteiger charge is -2.27. The van der Waals surface area contributed by atoms with E-state index in [9.17, 15) is 4.39 Å². The lowest BCUT2D eigenvalue weighted by Crippen LogP contribution is -2.36. The van der Waals surface area contributed by atoms with E-state index >= 15 is 0 Å². The third-order valence-electron chi connectivity index (χ3n) is 3.55. The molecule has 3 rings (SSSR count). The molecule has 0 bridgehead atoms. The van der Waals surface area contributed by atoms with Crippen molar-refractivity contribution in [3.05, 3.63) is 59.9 Å². The van der Waals surface area contributed by atoms with Crippen LogP contribution in [0.15, 0.2) is 53.5 Å². The minimum atomic E-state index is -0.261. The number of benzene rings is 2. The molecule has 0 aliphatic carbocycles. The van der Waals surface area contributed by atoms with Crippen molar-refractivity contribution in [2.75, 3.05) is 18.6 Å². The van der Waals surface area contributed by atoms with Gasteiger partial charge in [-0.05, 0) is 29.8 Å². The van der Waals surface area contributed by atoms with Crippen LogP contribution >= 0.6 is 0 Å². The summed E-state index contributed by atoms with van der Waals surface area (Å²) in [6.45, 7) is 0.506. The Morgan fingerprint density at radius 2 is 2.05 bits per heavy atom. The van der Waals surface area contributed by atoms with Crippen molar-refractivity contribution in [2.24, 2.45) is 10.7 Å². The summed E-state index contributed by atoms with van der Waals surface area (Å²) in [6.07, 6.45) is 0. The number of methoxy groups -OCH3 is 1. The van der Waals surface area contributed by atoms with Gasteiger partial charge in [0.25, 0.3) is 0 Å². The molecule has 2 aromatic rings. The number of anilines is 1. The van der Waals surface area contributed by atoms with E-state index in [1.165, 1.54) is 12.1 Å². The first-order valence-electron chi connectivity index (χ1n) is 6.67. The lowest BCUT2D eigenvalue weighted by molar-refractivity contribution is 0.415. The molecular formula is C16H16FN3O. The van der Waals surface area contributed by atoms with Gasteiger partial charge in [0.15, 0.2) is 5.96 Å². The van der Waals surface area contributed by atoms with Gasteiger partial charge >= 0.3 is 0 Å². The average Bonchev–Trinajstić information content (AvgIpc) is 2.89. The maximum Gasteiger partial charge on any atom is 0.196 e. The summed E-state index contributed by atoms with van der Waals surface area (Å²) in [5, 5.41) is 0. The van der Waals surface area contributed by atoms with Gasteiger partial charge in [-0.1, -0.05) is 18.2 Å². The molecule has 21 heavy (non-hydrogen) atoms. The van der Waals surface area contributed by atoms with Crippen LogP contribution in [0.4, 0.5) is 10.1 Å². The van der Waals surface area contributed by atoms with E-state index in [0.29, 0.717) is 12.5 Å². The third-order valence-corrected chi connectivity index (χ3v) is 3.55. The minimum absolute atomic E-state index is 0.104. The molecule has 2 N–H and O–H groups in total. The zero-order valence-electron chi connectivity index (χ0n) is 11.7. The maximum atomic E-state index is 13.5.